The number of aliphatic carboxylic acids is 3. The lowest BCUT2D eigenvalue weighted by atomic mass is 9.97. The van der Waals surface area contributed by atoms with Crippen molar-refractivity contribution in [1.29, 1.82) is 0 Å². The van der Waals surface area contributed by atoms with Crippen molar-refractivity contribution in [2.75, 3.05) is 25.1 Å². The van der Waals surface area contributed by atoms with Crippen LogP contribution in [-0.2, 0) is 78.3 Å². The second-order valence-electron chi connectivity index (χ2n) is 23.8. The van der Waals surface area contributed by atoms with Gasteiger partial charge in [0.1, 0.15) is 60.4 Å². The number of thioether (sulfide) groups is 1. The molecular formula is C61H98N18O18S. The Morgan fingerprint density at radius 2 is 0.969 bits per heavy atom. The lowest BCUT2D eigenvalue weighted by Crippen LogP contribution is -2.61. The first-order valence-corrected chi connectivity index (χ1v) is 33.4. The van der Waals surface area contributed by atoms with E-state index in [0.717, 1.165) is 0 Å². The van der Waals surface area contributed by atoms with Gasteiger partial charge >= 0.3 is 17.9 Å². The van der Waals surface area contributed by atoms with Gasteiger partial charge in [0.05, 0.1) is 12.5 Å². The van der Waals surface area contributed by atoms with Crippen LogP contribution in [0, 0.1) is 11.8 Å². The number of para-hydroxylation sites is 1. The Kier molecular flexibility index (Phi) is 37.5. The monoisotopic (exact) mass is 1400 g/mol. The molecule has 12 atom stereocenters. The van der Waals surface area contributed by atoms with Crippen LogP contribution in [-0.4, -0.2) is 207 Å². The summed E-state index contributed by atoms with van der Waals surface area (Å²) in [6, 6.07) is -9.67. The molecule has 0 unspecified atom stereocenters. The second kappa shape index (κ2) is 43.5. The Morgan fingerprint density at radius 1 is 0.520 bits per heavy atom. The maximum Gasteiger partial charge on any atom is 0.326 e. The van der Waals surface area contributed by atoms with Crippen LogP contribution in [0.5, 0.6) is 0 Å². The average molecular weight is 1400 g/mol. The van der Waals surface area contributed by atoms with Crippen LogP contribution in [0.3, 0.4) is 0 Å². The number of carbonyl (C=O) groups excluding carboxylic acids is 12. The molecule has 0 aliphatic rings. The van der Waals surface area contributed by atoms with Gasteiger partial charge in [-0.15, -0.1) is 0 Å². The van der Waals surface area contributed by atoms with Crippen LogP contribution in [0.2, 0.25) is 0 Å². The number of H-pyrrole nitrogens is 1. The van der Waals surface area contributed by atoms with Crippen molar-refractivity contribution in [2.24, 2.45) is 51.2 Å². The summed E-state index contributed by atoms with van der Waals surface area (Å²) in [6.45, 7) is 7.69. The summed E-state index contributed by atoms with van der Waals surface area (Å²) in [7, 11) is 0. The molecule has 0 saturated heterocycles. The zero-order valence-electron chi connectivity index (χ0n) is 55.9. The number of nitrogens with one attached hydrogen (secondary N) is 11. The van der Waals surface area contributed by atoms with Crippen molar-refractivity contribution >= 4 is 117 Å². The van der Waals surface area contributed by atoms with Crippen LogP contribution in [0.1, 0.15) is 130 Å². The number of benzene rings is 1. The van der Waals surface area contributed by atoms with Gasteiger partial charge in [-0.2, -0.15) is 11.8 Å². The van der Waals surface area contributed by atoms with Gasteiger partial charge in [0, 0.05) is 49.3 Å². The van der Waals surface area contributed by atoms with Gasteiger partial charge in [0.25, 0.3) is 0 Å². The first-order valence-electron chi connectivity index (χ1n) is 32.0. The molecule has 0 spiro atoms. The summed E-state index contributed by atoms with van der Waals surface area (Å²) in [5.74, 6) is -17.2. The molecule has 98 heavy (non-hydrogen) atoms. The predicted molar refractivity (Wildman–Crippen MR) is 359 cm³/mol. The molecule has 0 aliphatic heterocycles. The quantitative estimate of drug-likeness (QED) is 0.0169. The molecule has 2 aromatic rings. The molecule has 1 aromatic carbocycles. The summed E-state index contributed by atoms with van der Waals surface area (Å²) in [6.07, 6.45) is -0.0519. The number of amides is 12. The summed E-state index contributed by atoms with van der Waals surface area (Å²) < 4.78 is 0. The number of hydrogen-bond donors (Lipinski definition) is 20. The minimum Gasteiger partial charge on any atom is -0.481 e. The minimum atomic E-state index is -1.64. The fraction of sp³-hybridized carbons (Fsp3) is 0.607. The molecule has 37 heteroatoms. The molecule has 1 aromatic heterocycles. The van der Waals surface area contributed by atoms with Crippen LogP contribution in [0.4, 0.5) is 0 Å². The van der Waals surface area contributed by atoms with Gasteiger partial charge in [-0.05, 0) is 107 Å². The summed E-state index contributed by atoms with van der Waals surface area (Å²) in [5, 5.41) is 54.1. The van der Waals surface area contributed by atoms with Crippen LogP contribution in [0.15, 0.2) is 35.5 Å². The predicted octanol–water partition coefficient (Wildman–Crippen LogP) is -4.50. The van der Waals surface area contributed by atoms with Crippen molar-refractivity contribution in [3.63, 3.8) is 0 Å². The zero-order chi connectivity index (χ0) is 73.9. The van der Waals surface area contributed by atoms with Gasteiger partial charge < -0.3 is 108 Å². The topological polar surface area (TPSA) is 621 Å². The van der Waals surface area contributed by atoms with E-state index in [1.807, 2.05) is 0 Å². The Hall–Kier alpha value is -9.65. The number of fused-ring (bicyclic) bond motifs is 1. The Morgan fingerprint density at radius 3 is 1.46 bits per heavy atom. The van der Waals surface area contributed by atoms with E-state index in [-0.39, 0.29) is 63.3 Å². The summed E-state index contributed by atoms with van der Waals surface area (Å²) in [4.78, 5) is 207. The molecule has 12 amide bonds. The molecule has 2 rings (SSSR count). The molecule has 0 saturated carbocycles. The molecule has 36 nitrogen and oxygen atoms in total. The Bertz CT molecular complexity index is 3130. The smallest absolute Gasteiger partial charge is 0.326 e. The zero-order valence-corrected chi connectivity index (χ0v) is 56.7. The number of aromatic amines is 1. The van der Waals surface area contributed by atoms with E-state index < -0.39 is 212 Å². The number of carboxylic acid groups (broad SMARTS) is 3. The first-order chi connectivity index (χ1) is 46.1. The molecule has 0 aliphatic carbocycles. The van der Waals surface area contributed by atoms with Gasteiger partial charge in [0.15, 0.2) is 5.96 Å². The van der Waals surface area contributed by atoms with Crippen molar-refractivity contribution < 1.29 is 87.2 Å². The van der Waals surface area contributed by atoms with Gasteiger partial charge in [0.2, 0.25) is 70.9 Å². The number of guanidine groups is 1. The van der Waals surface area contributed by atoms with Gasteiger partial charge in [-0.1, -0.05) is 52.3 Å². The highest BCUT2D eigenvalue weighted by molar-refractivity contribution is 7.98. The van der Waals surface area contributed by atoms with Crippen molar-refractivity contribution in [1.82, 2.24) is 58.2 Å². The molecule has 1 heterocycles. The van der Waals surface area contributed by atoms with E-state index in [1.54, 1.807) is 50.6 Å². The highest BCUT2D eigenvalue weighted by Gasteiger charge is 2.37. The SMILES string of the molecule is CC[C@H](C)[C@H](NC(=O)[C@H](Cc1c[nH]c2ccccc12)NC(=O)[C@H](CCC(N)=O)NC(=O)[C@H](CCCCN)NC(=O)[C@H](CCSC)NC(=O)[C@H](CCC(N)=O)NC(=O)[C@H](C)NC(=O)[C@H](CCCN=C(N)N)NC(=O)[C@@H](NC(=O)[C@H](CCC(=O)O)NC(=O)[C@@H](N)CC(=O)O)C(C)C)C(=O)O. The van der Waals surface area contributed by atoms with Crippen molar-refractivity contribution in [3.8, 4) is 0 Å². The largest absolute Gasteiger partial charge is 0.481 e. The highest BCUT2D eigenvalue weighted by atomic mass is 32.2. The van der Waals surface area contributed by atoms with E-state index in [2.05, 4.69) is 63.1 Å². The van der Waals surface area contributed by atoms with Crippen LogP contribution in [0.25, 0.3) is 10.9 Å². The third kappa shape index (κ3) is 30.6. The lowest BCUT2D eigenvalue weighted by Gasteiger charge is -2.28. The number of nitrogens with two attached hydrogens (primary N) is 6. The molecule has 0 bridgehead atoms. The number of carbonyl (C=O) groups is 15. The maximum atomic E-state index is 14.5. The normalized spacial score (nSPS) is 14.8. The molecule has 0 fully saturated rings. The van der Waals surface area contributed by atoms with Crippen molar-refractivity contribution in [2.45, 2.75) is 197 Å². The molecular weight excluding hydrogens is 1300 g/mol. The number of unbranched alkanes of at least 4 members (excludes halogenated alkanes) is 1. The van der Waals surface area contributed by atoms with Gasteiger partial charge in [-0.25, -0.2) is 4.79 Å². The number of aromatic nitrogens is 1. The molecule has 0 radical (unpaired) electrons. The fourth-order valence-corrected chi connectivity index (χ4v) is 10.2. The van der Waals surface area contributed by atoms with E-state index >= 15 is 0 Å². The maximum absolute atomic E-state index is 14.5. The average Bonchev–Trinajstić information content (AvgIpc) is 1.62. The minimum absolute atomic E-state index is 0.0388. The second-order valence-corrected chi connectivity index (χ2v) is 24.8. The molecule has 546 valence electrons. The summed E-state index contributed by atoms with van der Waals surface area (Å²) >= 11 is 1.27. The Labute approximate surface area is 570 Å². The highest BCUT2D eigenvalue weighted by Crippen LogP contribution is 2.21. The van der Waals surface area contributed by atoms with E-state index in [4.69, 9.17) is 39.5 Å². The number of hydrogen-bond acceptors (Lipinski definition) is 19. The van der Waals surface area contributed by atoms with E-state index in [9.17, 15) is 82.1 Å². The third-order valence-corrected chi connectivity index (χ3v) is 16.2. The van der Waals surface area contributed by atoms with Gasteiger partial charge in [-0.3, -0.25) is 72.1 Å². The standard InChI is InChI=1S/C61H98N18O18S/c1-7-31(4)49(60(96)97)79-58(94)43(27-33-29-69-36-14-9-8-13-34(33)36)77-55(91)40(18-21-45(65)81)74-53(89)37(15-10-11-24-62)73-56(92)42(23-26-98-6)75-54(90)39(17-20-44(64)80)71-50(86)32(5)70-52(88)38(16-12-25-68-61(66)67)76-59(95)48(30(2)3)78-57(93)41(19-22-46(82)83)72-51(87)35(63)28-47(84)85/h8-9,13-14,29-32,35,37-43,48-49,69H,7,10-12,15-28,62-63H2,1-6H3,(H2,64,80)(H2,65,81)(H,70,88)(H,71,86)(H,72,87)(H,73,92)(H,74,89)(H,75,90)(H,76,95)(H,77,91)(H,78,93)(H,79,94)(H,82,83)(H,84,85)(H,96,97)(H4,66,67,68)/t31-,32-,35-,37-,38-,39-,40-,41-,42-,43-,48-,49-/m0/s1. The first kappa shape index (κ1) is 84.4. The number of primary amides is 2. The summed E-state index contributed by atoms with van der Waals surface area (Å²) in [5.41, 5.74) is 34.6. The van der Waals surface area contributed by atoms with Crippen LogP contribution < -0.4 is 87.6 Å². The lowest BCUT2D eigenvalue weighted by molar-refractivity contribution is -0.144. The van der Waals surface area contributed by atoms with Crippen LogP contribution >= 0.6 is 11.8 Å². The number of nitrogens with zero attached hydrogens (tertiary/aromatic N) is 1. The third-order valence-electron chi connectivity index (χ3n) is 15.5. The molecule has 26 N–H and O–H groups in total. The van der Waals surface area contributed by atoms with E-state index in [1.165, 1.54) is 32.5 Å². The fourth-order valence-electron chi connectivity index (χ4n) is 9.73. The van der Waals surface area contributed by atoms with E-state index in [0.29, 0.717) is 29.3 Å². The van der Waals surface area contributed by atoms with Crippen molar-refractivity contribution in [3.05, 3.63) is 36.0 Å². The number of rotatable bonds is 48. The number of aliphatic imine (C=N–C) groups is 1. The Balaban J connectivity index is 2.49. The number of carboxylic acids is 3.